The minimum atomic E-state index is 0.248. The average molecular weight is 250 g/mol. The van der Waals surface area contributed by atoms with Crippen LogP contribution in [0.15, 0.2) is 22.0 Å². The Labute approximate surface area is 106 Å². The Hall–Kier alpha value is -1.13. The van der Waals surface area contributed by atoms with E-state index < -0.39 is 0 Å². The fourth-order valence-electron chi connectivity index (χ4n) is 2.19. The van der Waals surface area contributed by atoms with E-state index in [1.54, 1.807) is 11.3 Å². The van der Waals surface area contributed by atoms with Gasteiger partial charge in [-0.2, -0.15) is 0 Å². The molecule has 0 aliphatic carbocycles. The summed E-state index contributed by atoms with van der Waals surface area (Å²) in [5.74, 6) is 0.904. The second kappa shape index (κ2) is 5.02. The first-order valence-electron chi connectivity index (χ1n) is 5.81. The first-order chi connectivity index (χ1) is 8.09. The van der Waals surface area contributed by atoms with E-state index in [9.17, 15) is 0 Å². The zero-order valence-corrected chi connectivity index (χ0v) is 11.5. The van der Waals surface area contributed by atoms with Crippen LogP contribution >= 0.6 is 11.3 Å². The summed E-state index contributed by atoms with van der Waals surface area (Å²) in [5, 5.41) is 9.68. The molecule has 3 nitrogen and oxygen atoms in total. The average Bonchev–Trinajstić information content (AvgIpc) is 2.88. The molecule has 2 atom stereocenters. The van der Waals surface area contributed by atoms with Crippen LogP contribution in [-0.4, -0.2) is 5.16 Å². The van der Waals surface area contributed by atoms with Gasteiger partial charge in [0.05, 0.1) is 5.69 Å². The Morgan fingerprint density at radius 3 is 2.59 bits per heavy atom. The number of aryl methyl sites for hydroxylation is 2. The molecule has 4 heteroatoms. The molecule has 2 heterocycles. The molecular formula is C13H18N2OS. The quantitative estimate of drug-likeness (QED) is 0.897. The van der Waals surface area contributed by atoms with Gasteiger partial charge in [0.25, 0.3) is 0 Å². The first kappa shape index (κ1) is 12.3. The Bertz CT molecular complexity index is 456. The normalized spacial score (nSPS) is 14.8. The molecule has 2 rings (SSSR count). The molecule has 0 spiro atoms. The third-order valence-electron chi connectivity index (χ3n) is 2.99. The number of hydrogen-bond acceptors (Lipinski definition) is 4. The van der Waals surface area contributed by atoms with E-state index >= 15 is 0 Å². The van der Waals surface area contributed by atoms with Crippen LogP contribution in [0.2, 0.25) is 0 Å². The van der Waals surface area contributed by atoms with E-state index in [1.807, 2.05) is 13.8 Å². The number of nitrogens with zero attached hydrogens (tertiary/aromatic N) is 1. The number of nitrogens with one attached hydrogen (secondary N) is 1. The Morgan fingerprint density at radius 2 is 2.06 bits per heavy atom. The third-order valence-corrected chi connectivity index (χ3v) is 4.05. The lowest BCUT2D eigenvalue weighted by atomic mass is 10.1. The van der Waals surface area contributed by atoms with Crippen molar-refractivity contribution in [1.29, 1.82) is 0 Å². The van der Waals surface area contributed by atoms with Gasteiger partial charge in [0.2, 0.25) is 0 Å². The van der Waals surface area contributed by atoms with Crippen LogP contribution in [0.25, 0.3) is 0 Å². The molecule has 92 valence electrons. The summed E-state index contributed by atoms with van der Waals surface area (Å²) in [6.07, 6.45) is 0. The Balaban J connectivity index is 2.09. The predicted molar refractivity (Wildman–Crippen MR) is 70.3 cm³/mol. The summed E-state index contributed by atoms with van der Waals surface area (Å²) in [7, 11) is 0. The van der Waals surface area contributed by atoms with Crippen LogP contribution in [0.5, 0.6) is 0 Å². The molecule has 2 aromatic heterocycles. The van der Waals surface area contributed by atoms with Crippen molar-refractivity contribution in [3.8, 4) is 0 Å². The molecule has 0 aliphatic rings. The van der Waals surface area contributed by atoms with Gasteiger partial charge >= 0.3 is 0 Å². The predicted octanol–water partition coefficient (Wildman–Crippen LogP) is 3.76. The van der Waals surface area contributed by atoms with Crippen LogP contribution in [0.4, 0.5) is 0 Å². The molecule has 17 heavy (non-hydrogen) atoms. The van der Waals surface area contributed by atoms with Gasteiger partial charge in [0.1, 0.15) is 5.76 Å². The number of aromatic nitrogens is 1. The minimum Gasteiger partial charge on any atom is -0.361 e. The fourth-order valence-corrected chi connectivity index (χ4v) is 2.93. The van der Waals surface area contributed by atoms with Crippen molar-refractivity contribution in [1.82, 2.24) is 10.5 Å². The maximum atomic E-state index is 5.20. The molecule has 0 fully saturated rings. The SMILES string of the molecule is Cc1noc(C)c1C(C)NC(C)c1cccs1. The molecule has 1 N–H and O–H groups in total. The van der Waals surface area contributed by atoms with Crippen molar-refractivity contribution in [3.05, 3.63) is 39.4 Å². The van der Waals surface area contributed by atoms with Crippen molar-refractivity contribution in [3.63, 3.8) is 0 Å². The summed E-state index contributed by atoms with van der Waals surface area (Å²) in [4.78, 5) is 1.35. The molecule has 0 aromatic carbocycles. The molecule has 0 amide bonds. The first-order valence-corrected chi connectivity index (χ1v) is 6.69. The van der Waals surface area contributed by atoms with Crippen molar-refractivity contribution in [2.45, 2.75) is 39.8 Å². The number of rotatable bonds is 4. The summed E-state index contributed by atoms with van der Waals surface area (Å²) in [6.45, 7) is 8.28. The van der Waals surface area contributed by atoms with Crippen LogP contribution < -0.4 is 5.32 Å². The van der Waals surface area contributed by atoms with Gasteiger partial charge in [-0.3, -0.25) is 0 Å². The lowest BCUT2D eigenvalue weighted by Gasteiger charge is -2.19. The van der Waals surface area contributed by atoms with E-state index in [0.29, 0.717) is 6.04 Å². The van der Waals surface area contributed by atoms with Gasteiger partial charge in [-0.1, -0.05) is 11.2 Å². The van der Waals surface area contributed by atoms with Crippen molar-refractivity contribution in [2.24, 2.45) is 0 Å². The van der Waals surface area contributed by atoms with Crippen molar-refractivity contribution < 1.29 is 4.52 Å². The van der Waals surface area contributed by atoms with Crippen molar-refractivity contribution >= 4 is 11.3 Å². The maximum Gasteiger partial charge on any atom is 0.138 e. The molecule has 0 radical (unpaired) electrons. The fraction of sp³-hybridized carbons (Fsp3) is 0.462. The highest BCUT2D eigenvalue weighted by molar-refractivity contribution is 7.10. The highest BCUT2D eigenvalue weighted by Gasteiger charge is 2.18. The van der Waals surface area contributed by atoms with E-state index in [0.717, 1.165) is 11.5 Å². The summed E-state index contributed by atoms with van der Waals surface area (Å²) < 4.78 is 5.20. The molecule has 2 aromatic rings. The maximum absolute atomic E-state index is 5.20. The zero-order valence-electron chi connectivity index (χ0n) is 10.7. The highest BCUT2D eigenvalue weighted by atomic mass is 32.1. The van der Waals surface area contributed by atoms with Gasteiger partial charge in [0, 0.05) is 22.5 Å². The standard InChI is InChI=1S/C13H18N2OS/c1-8(12-6-5-7-17-12)14-9(2)13-10(3)15-16-11(13)4/h5-9,14H,1-4H3. The Morgan fingerprint density at radius 1 is 1.29 bits per heavy atom. The molecule has 0 saturated heterocycles. The van der Waals surface area contributed by atoms with E-state index in [4.69, 9.17) is 4.52 Å². The van der Waals surface area contributed by atoms with Crippen LogP contribution in [0, 0.1) is 13.8 Å². The molecule has 2 unspecified atom stereocenters. The lowest BCUT2D eigenvalue weighted by molar-refractivity contribution is 0.389. The van der Waals surface area contributed by atoms with Gasteiger partial charge < -0.3 is 9.84 Å². The van der Waals surface area contributed by atoms with Gasteiger partial charge in [0.15, 0.2) is 0 Å². The van der Waals surface area contributed by atoms with Crippen LogP contribution in [-0.2, 0) is 0 Å². The molecule has 0 saturated carbocycles. The monoisotopic (exact) mass is 250 g/mol. The second-order valence-corrected chi connectivity index (χ2v) is 5.34. The van der Waals surface area contributed by atoms with E-state index in [1.165, 1.54) is 10.4 Å². The molecule has 0 aliphatic heterocycles. The molecular weight excluding hydrogens is 232 g/mol. The second-order valence-electron chi connectivity index (χ2n) is 4.36. The topological polar surface area (TPSA) is 38.1 Å². The number of thiophene rings is 1. The Kier molecular flexibility index (Phi) is 3.64. The van der Waals surface area contributed by atoms with Gasteiger partial charge in [-0.15, -0.1) is 11.3 Å². The van der Waals surface area contributed by atoms with Crippen molar-refractivity contribution in [2.75, 3.05) is 0 Å². The van der Waals surface area contributed by atoms with E-state index in [-0.39, 0.29) is 6.04 Å². The largest absolute Gasteiger partial charge is 0.361 e. The number of hydrogen-bond donors (Lipinski definition) is 1. The third kappa shape index (κ3) is 2.58. The molecule has 0 bridgehead atoms. The van der Waals surface area contributed by atoms with Gasteiger partial charge in [-0.25, -0.2) is 0 Å². The van der Waals surface area contributed by atoms with E-state index in [2.05, 4.69) is 41.8 Å². The minimum absolute atomic E-state index is 0.248. The van der Waals surface area contributed by atoms with Gasteiger partial charge in [-0.05, 0) is 39.1 Å². The summed E-state index contributed by atoms with van der Waals surface area (Å²) in [6, 6.07) is 4.83. The smallest absolute Gasteiger partial charge is 0.138 e. The zero-order chi connectivity index (χ0) is 12.4. The highest BCUT2D eigenvalue weighted by Crippen LogP contribution is 2.25. The van der Waals surface area contributed by atoms with Crippen LogP contribution in [0.3, 0.4) is 0 Å². The summed E-state index contributed by atoms with van der Waals surface area (Å²) >= 11 is 1.78. The lowest BCUT2D eigenvalue weighted by Crippen LogP contribution is -2.22. The summed E-state index contributed by atoms with van der Waals surface area (Å²) in [5.41, 5.74) is 2.15. The van der Waals surface area contributed by atoms with Crippen LogP contribution in [0.1, 0.15) is 47.8 Å².